The lowest BCUT2D eigenvalue weighted by atomic mass is 10.0. The molecule has 2 aromatic carbocycles. The molecule has 142 valence electrons. The van der Waals surface area contributed by atoms with Gasteiger partial charge < -0.3 is 4.57 Å². The monoisotopic (exact) mass is 401 g/mol. The summed E-state index contributed by atoms with van der Waals surface area (Å²) in [4.78, 5) is 25.3. The Labute approximate surface area is 170 Å². The van der Waals surface area contributed by atoms with E-state index in [0.717, 1.165) is 33.4 Å². The molecule has 1 amide bonds. The van der Waals surface area contributed by atoms with Crippen LogP contribution >= 0.6 is 11.3 Å². The normalized spacial score (nSPS) is 10.6. The number of rotatable bonds is 5. The van der Waals surface area contributed by atoms with Gasteiger partial charge in [0.05, 0.1) is 17.2 Å². The zero-order valence-electron chi connectivity index (χ0n) is 15.4. The topological polar surface area (TPSA) is 101 Å². The number of ketones is 1. The van der Waals surface area contributed by atoms with Gasteiger partial charge in [-0.1, -0.05) is 35.6 Å². The Hall–Kier alpha value is -3.83. The molecule has 4 aromatic rings. The van der Waals surface area contributed by atoms with E-state index in [0.29, 0.717) is 17.7 Å². The highest BCUT2D eigenvalue weighted by molar-refractivity contribution is 7.13. The lowest BCUT2D eigenvalue weighted by Gasteiger charge is -2.06. The largest absolute Gasteiger partial charge is 0.342 e. The molecule has 2 aromatic heterocycles. The number of carbonyl (C=O) groups is 2. The van der Waals surface area contributed by atoms with Crippen LogP contribution in [-0.2, 0) is 11.3 Å². The fourth-order valence-electron chi connectivity index (χ4n) is 3.22. The van der Waals surface area contributed by atoms with Crippen LogP contribution < -0.4 is 5.32 Å². The number of benzene rings is 2. The third-order valence-corrected chi connectivity index (χ3v) is 5.19. The Balaban J connectivity index is 1.71. The van der Waals surface area contributed by atoms with Crippen LogP contribution in [0.25, 0.3) is 10.9 Å². The van der Waals surface area contributed by atoms with Crippen LogP contribution in [0.5, 0.6) is 0 Å². The van der Waals surface area contributed by atoms with Gasteiger partial charge in [0.25, 0.3) is 11.7 Å². The Kier molecular flexibility index (Phi) is 4.89. The van der Waals surface area contributed by atoms with E-state index < -0.39 is 11.7 Å². The Morgan fingerprint density at radius 1 is 1.21 bits per heavy atom. The minimum atomic E-state index is -0.748. The number of anilines is 1. The first kappa shape index (κ1) is 18.5. The van der Waals surface area contributed by atoms with Crippen molar-refractivity contribution in [3.8, 4) is 6.07 Å². The number of aromatic nitrogens is 3. The van der Waals surface area contributed by atoms with Crippen molar-refractivity contribution >= 4 is 39.1 Å². The van der Waals surface area contributed by atoms with Crippen molar-refractivity contribution in [1.82, 2.24) is 14.8 Å². The second-order valence-corrected chi connectivity index (χ2v) is 7.31. The van der Waals surface area contributed by atoms with E-state index in [-0.39, 0.29) is 5.13 Å². The van der Waals surface area contributed by atoms with Crippen molar-refractivity contribution in [2.24, 2.45) is 0 Å². The van der Waals surface area contributed by atoms with Gasteiger partial charge in [-0.25, -0.2) is 0 Å². The smallest absolute Gasteiger partial charge is 0.298 e. The second kappa shape index (κ2) is 7.66. The van der Waals surface area contributed by atoms with E-state index in [1.54, 1.807) is 18.3 Å². The summed E-state index contributed by atoms with van der Waals surface area (Å²) in [5.74, 6) is -1.37. The van der Waals surface area contributed by atoms with E-state index in [1.165, 1.54) is 5.51 Å². The summed E-state index contributed by atoms with van der Waals surface area (Å²) >= 11 is 1.15. The van der Waals surface area contributed by atoms with Gasteiger partial charge in [-0.05, 0) is 36.2 Å². The van der Waals surface area contributed by atoms with Crippen molar-refractivity contribution in [2.75, 3.05) is 5.32 Å². The number of nitriles is 1. The second-order valence-electron chi connectivity index (χ2n) is 6.48. The molecular weight excluding hydrogens is 386 g/mol. The molecule has 0 bridgehead atoms. The van der Waals surface area contributed by atoms with E-state index in [9.17, 15) is 9.59 Å². The van der Waals surface area contributed by atoms with Crippen LogP contribution in [0.15, 0.2) is 54.2 Å². The number of Topliss-reactive ketones (excluding diaryl/α,β-unsaturated/α-hetero) is 1. The highest BCUT2D eigenvalue weighted by Gasteiger charge is 2.23. The average molecular weight is 401 g/mol. The van der Waals surface area contributed by atoms with E-state index in [2.05, 4.69) is 21.6 Å². The maximum Gasteiger partial charge on any atom is 0.298 e. The molecule has 29 heavy (non-hydrogen) atoms. The molecule has 0 radical (unpaired) electrons. The summed E-state index contributed by atoms with van der Waals surface area (Å²) < 4.78 is 1.94. The fraction of sp³-hybridized carbons (Fsp3) is 0.0952. The van der Waals surface area contributed by atoms with Crippen LogP contribution in [0, 0.1) is 18.3 Å². The van der Waals surface area contributed by atoms with Crippen LogP contribution in [-0.4, -0.2) is 26.5 Å². The van der Waals surface area contributed by atoms with Crippen molar-refractivity contribution in [2.45, 2.75) is 13.5 Å². The number of nitrogens with zero attached hydrogens (tertiary/aromatic N) is 4. The molecule has 0 atom stereocenters. The summed E-state index contributed by atoms with van der Waals surface area (Å²) in [6.07, 6.45) is 1.71. The van der Waals surface area contributed by atoms with Crippen LogP contribution in [0.2, 0.25) is 0 Å². The minimum Gasteiger partial charge on any atom is -0.342 e. The van der Waals surface area contributed by atoms with Gasteiger partial charge in [-0.2, -0.15) is 5.26 Å². The molecule has 0 aliphatic heterocycles. The first-order valence-corrected chi connectivity index (χ1v) is 9.64. The molecule has 1 N–H and O–H groups in total. The zero-order chi connectivity index (χ0) is 20.4. The summed E-state index contributed by atoms with van der Waals surface area (Å²) in [6.45, 7) is 2.42. The van der Waals surface area contributed by atoms with Crippen LogP contribution in [0.3, 0.4) is 0 Å². The van der Waals surface area contributed by atoms with Gasteiger partial charge in [-0.3, -0.25) is 14.9 Å². The number of carbonyl (C=O) groups excluding carboxylic acids is 2. The zero-order valence-corrected chi connectivity index (χ0v) is 16.2. The van der Waals surface area contributed by atoms with Gasteiger partial charge in [0.15, 0.2) is 0 Å². The average Bonchev–Trinajstić information content (AvgIpc) is 3.37. The van der Waals surface area contributed by atoms with Crippen LogP contribution in [0.4, 0.5) is 5.13 Å². The Morgan fingerprint density at radius 2 is 2.00 bits per heavy atom. The molecule has 2 heterocycles. The van der Waals surface area contributed by atoms with Crippen molar-refractivity contribution in [3.63, 3.8) is 0 Å². The molecule has 0 saturated heterocycles. The highest BCUT2D eigenvalue weighted by Crippen LogP contribution is 2.27. The lowest BCUT2D eigenvalue weighted by molar-refractivity contribution is -0.112. The van der Waals surface area contributed by atoms with Gasteiger partial charge in [0, 0.05) is 23.6 Å². The summed E-state index contributed by atoms with van der Waals surface area (Å²) in [5.41, 5.74) is 5.17. The standard InChI is InChI=1S/C21H15N5O2S/c1-13-3-2-4-17-18(13)16(19(27)20(28)24-21-25-23-12-29-21)11-26(17)10-15-7-5-14(9-22)6-8-15/h2-8,11-12H,10H2,1H3,(H,24,25,28). The maximum atomic E-state index is 12.9. The molecule has 0 spiro atoms. The Morgan fingerprint density at radius 3 is 2.69 bits per heavy atom. The number of hydrogen-bond acceptors (Lipinski definition) is 6. The van der Waals surface area contributed by atoms with Crippen molar-refractivity contribution in [3.05, 3.63) is 76.4 Å². The van der Waals surface area contributed by atoms with E-state index >= 15 is 0 Å². The number of aryl methyl sites for hydroxylation is 1. The molecule has 0 aliphatic carbocycles. The number of hydrogen-bond donors (Lipinski definition) is 1. The summed E-state index contributed by atoms with van der Waals surface area (Å²) in [6, 6.07) is 15.1. The van der Waals surface area contributed by atoms with E-state index in [4.69, 9.17) is 5.26 Å². The van der Waals surface area contributed by atoms with Gasteiger partial charge >= 0.3 is 0 Å². The molecule has 0 fully saturated rings. The molecule has 8 heteroatoms. The molecule has 4 rings (SSSR count). The first-order chi connectivity index (χ1) is 14.1. The fourth-order valence-corrected chi connectivity index (χ4v) is 3.66. The molecular formula is C21H15N5O2S. The first-order valence-electron chi connectivity index (χ1n) is 8.76. The predicted octanol–water partition coefficient (Wildman–Crippen LogP) is 3.54. The summed E-state index contributed by atoms with van der Waals surface area (Å²) in [7, 11) is 0. The predicted molar refractivity (Wildman–Crippen MR) is 110 cm³/mol. The van der Waals surface area contributed by atoms with Gasteiger partial charge in [-0.15, -0.1) is 10.2 Å². The third-order valence-electron chi connectivity index (χ3n) is 4.58. The number of amides is 1. The van der Waals surface area contributed by atoms with Gasteiger partial charge in [0.1, 0.15) is 5.51 Å². The van der Waals surface area contributed by atoms with Crippen molar-refractivity contribution in [1.29, 1.82) is 5.26 Å². The van der Waals surface area contributed by atoms with E-state index in [1.807, 2.05) is 41.8 Å². The highest BCUT2D eigenvalue weighted by atomic mass is 32.1. The SMILES string of the molecule is Cc1cccc2c1c(C(=O)C(=O)Nc1nncs1)cn2Cc1ccc(C#N)cc1. The number of fused-ring (bicyclic) bond motifs is 1. The third kappa shape index (κ3) is 3.63. The van der Waals surface area contributed by atoms with Crippen molar-refractivity contribution < 1.29 is 9.59 Å². The maximum absolute atomic E-state index is 12.9. The quantitative estimate of drug-likeness (QED) is 0.407. The molecule has 0 aliphatic rings. The number of nitrogens with one attached hydrogen (secondary N) is 1. The van der Waals surface area contributed by atoms with Gasteiger partial charge in [0.2, 0.25) is 5.13 Å². The van der Waals surface area contributed by atoms with Crippen LogP contribution in [0.1, 0.15) is 27.0 Å². The molecule has 0 unspecified atom stereocenters. The summed E-state index contributed by atoms with van der Waals surface area (Å²) in [5, 5.41) is 19.9. The molecule has 0 saturated carbocycles. The minimum absolute atomic E-state index is 0.279. The Bertz CT molecular complexity index is 1250. The molecule has 7 nitrogen and oxygen atoms in total. The lowest BCUT2D eigenvalue weighted by Crippen LogP contribution is -2.22.